The molecule has 1 nitrogen and oxygen atoms in total. The van der Waals surface area contributed by atoms with Crippen LogP contribution in [0.5, 0.6) is 0 Å². The molecule has 0 bridgehead atoms. The molecule has 0 saturated heterocycles. The van der Waals surface area contributed by atoms with Crippen LogP contribution in [0.3, 0.4) is 0 Å². The summed E-state index contributed by atoms with van der Waals surface area (Å²) in [5.74, 6) is -0.466. The first-order chi connectivity index (χ1) is 5.25. The zero-order chi connectivity index (χ0) is 8.27. The predicted octanol–water partition coefficient (Wildman–Crippen LogP) is 2.37. The summed E-state index contributed by atoms with van der Waals surface area (Å²) < 4.78 is 29.0. The monoisotopic (exact) mass is 162 g/mol. The zero-order valence-electron chi connectivity index (χ0n) is 6.72. The molecule has 0 aromatic heterocycles. The third-order valence-electron chi connectivity index (χ3n) is 1.93. The van der Waals surface area contributed by atoms with Crippen molar-refractivity contribution < 1.29 is 13.4 Å². The third-order valence-corrected chi connectivity index (χ3v) is 1.93. The minimum absolute atomic E-state index is 0.137. The summed E-state index contributed by atoms with van der Waals surface area (Å²) in [6, 6.07) is 0. The van der Waals surface area contributed by atoms with Crippen LogP contribution in [0.2, 0.25) is 5.82 Å². The molecular weight excluding hydrogens is 149 g/mol. The molecule has 1 fully saturated rings. The van der Waals surface area contributed by atoms with E-state index in [1.807, 2.05) is 0 Å². The van der Waals surface area contributed by atoms with Gasteiger partial charge in [-0.15, -0.1) is 0 Å². The van der Waals surface area contributed by atoms with E-state index in [2.05, 4.69) is 6.92 Å². The molecule has 1 aliphatic rings. The fourth-order valence-corrected chi connectivity index (χ4v) is 1.03. The molecule has 0 N–H and O–H groups in total. The first-order valence-corrected chi connectivity index (χ1v) is 4.15. The van der Waals surface area contributed by atoms with Crippen molar-refractivity contribution in [3.8, 4) is 0 Å². The van der Waals surface area contributed by atoms with Crippen molar-refractivity contribution in [3.05, 3.63) is 0 Å². The van der Waals surface area contributed by atoms with Crippen LogP contribution < -0.4 is 0 Å². The van der Waals surface area contributed by atoms with Gasteiger partial charge in [0, 0.05) is 12.4 Å². The van der Waals surface area contributed by atoms with Crippen molar-refractivity contribution in [1.29, 1.82) is 0 Å². The summed E-state index contributed by atoms with van der Waals surface area (Å²) in [6.45, 7) is 2.70. The lowest BCUT2D eigenvalue weighted by atomic mass is 9.90. The number of hydrogen-bond donors (Lipinski definition) is 0. The molecule has 1 rings (SSSR count). The Kier molecular flexibility index (Phi) is 3.30. The lowest BCUT2D eigenvalue weighted by Gasteiger charge is -1.99. The third kappa shape index (κ3) is 2.77. The van der Waals surface area contributed by atoms with E-state index in [-0.39, 0.29) is 6.10 Å². The van der Waals surface area contributed by atoms with Crippen LogP contribution in [0.15, 0.2) is 0 Å². The minimum atomic E-state index is -2.18. The Balaban J connectivity index is 1.96. The second kappa shape index (κ2) is 4.05. The van der Waals surface area contributed by atoms with E-state index >= 15 is 0 Å². The highest BCUT2D eigenvalue weighted by Gasteiger charge is 2.48. The lowest BCUT2D eigenvalue weighted by Crippen LogP contribution is -2.03. The van der Waals surface area contributed by atoms with Gasteiger partial charge in [0.15, 0.2) is 0 Å². The second-order valence-corrected chi connectivity index (χ2v) is 3.00. The fourth-order valence-electron chi connectivity index (χ4n) is 1.03. The van der Waals surface area contributed by atoms with Crippen LogP contribution in [0.4, 0.5) is 8.63 Å². The minimum Gasteiger partial charge on any atom is -0.378 e. The van der Waals surface area contributed by atoms with Crippen LogP contribution in [0.25, 0.3) is 0 Å². The molecule has 0 radical (unpaired) electrons. The number of hydrogen-bond acceptors (Lipinski definition) is 1. The smallest absolute Gasteiger partial charge is 0.378 e. The van der Waals surface area contributed by atoms with Crippen molar-refractivity contribution in [3.63, 3.8) is 0 Å². The molecule has 4 heteroatoms. The first kappa shape index (κ1) is 8.98. The molecule has 0 unspecified atom stereocenters. The average Bonchev–Trinajstić information content (AvgIpc) is 2.68. The van der Waals surface area contributed by atoms with Gasteiger partial charge in [0.25, 0.3) is 0 Å². The molecule has 0 aromatic rings. The summed E-state index contributed by atoms with van der Waals surface area (Å²) in [6.07, 6.45) is 2.46. The molecule has 11 heavy (non-hydrogen) atoms. The topological polar surface area (TPSA) is 9.23 Å². The van der Waals surface area contributed by atoms with E-state index in [4.69, 9.17) is 4.74 Å². The number of unbranched alkanes of at least 4 members (excludes halogenated alkanes) is 1. The molecule has 64 valence electrons. The Morgan fingerprint density at radius 2 is 2.27 bits per heavy atom. The standard InChI is InChI=1S/C7H13BF2O/c1-2-3-4-11-7-5-6(7)8(9)10/h6-7H,2-5H2,1H3/t6-,7-/m0/s1. The van der Waals surface area contributed by atoms with Crippen LogP contribution >= 0.6 is 0 Å². The molecule has 0 heterocycles. The van der Waals surface area contributed by atoms with Gasteiger partial charge in [-0.2, -0.15) is 0 Å². The van der Waals surface area contributed by atoms with Crippen LogP contribution in [0, 0.1) is 0 Å². The van der Waals surface area contributed by atoms with Gasteiger partial charge in [-0.05, 0) is 12.8 Å². The second-order valence-electron chi connectivity index (χ2n) is 3.00. The highest BCUT2D eigenvalue weighted by Crippen LogP contribution is 2.43. The largest absolute Gasteiger partial charge is 0.543 e. The molecule has 0 aromatic carbocycles. The highest BCUT2D eigenvalue weighted by molar-refractivity contribution is 6.46. The van der Waals surface area contributed by atoms with Crippen LogP contribution in [-0.2, 0) is 4.74 Å². The van der Waals surface area contributed by atoms with Crippen molar-refractivity contribution in [1.82, 2.24) is 0 Å². The Labute approximate surface area is 66.3 Å². The lowest BCUT2D eigenvalue weighted by molar-refractivity contribution is 0.116. The normalized spacial score (nSPS) is 28.6. The van der Waals surface area contributed by atoms with Gasteiger partial charge in [-0.25, -0.2) is 0 Å². The first-order valence-electron chi connectivity index (χ1n) is 4.15. The average molecular weight is 162 g/mol. The maximum Gasteiger partial charge on any atom is 0.543 e. The summed E-state index contributed by atoms with van der Waals surface area (Å²) in [4.78, 5) is 0. The molecular formula is C7H13BF2O. The molecule has 1 aliphatic carbocycles. The quantitative estimate of drug-likeness (QED) is 0.445. The Morgan fingerprint density at radius 3 is 2.73 bits per heavy atom. The Morgan fingerprint density at radius 1 is 1.55 bits per heavy atom. The van der Waals surface area contributed by atoms with E-state index < -0.39 is 13.1 Å². The molecule has 2 atom stereocenters. The molecule has 0 amide bonds. The van der Waals surface area contributed by atoms with Gasteiger partial charge in [0.05, 0.1) is 6.10 Å². The van der Waals surface area contributed by atoms with Gasteiger partial charge in [-0.3, -0.25) is 8.63 Å². The zero-order valence-corrected chi connectivity index (χ0v) is 6.72. The number of rotatable bonds is 5. The van der Waals surface area contributed by atoms with Gasteiger partial charge < -0.3 is 4.74 Å². The SMILES string of the molecule is CCCCO[C@H]1C[C@@H]1B(F)F. The number of halogens is 2. The molecule has 0 spiro atoms. The van der Waals surface area contributed by atoms with Gasteiger partial charge in [0.1, 0.15) is 0 Å². The summed E-state index contributed by atoms with van der Waals surface area (Å²) in [5.41, 5.74) is 0. The van der Waals surface area contributed by atoms with Crippen molar-refractivity contribution in [2.24, 2.45) is 0 Å². The molecule has 1 saturated carbocycles. The van der Waals surface area contributed by atoms with E-state index in [0.29, 0.717) is 13.0 Å². The van der Waals surface area contributed by atoms with Gasteiger partial charge >= 0.3 is 7.27 Å². The van der Waals surface area contributed by atoms with Crippen LogP contribution in [-0.4, -0.2) is 20.0 Å². The Hall–Kier alpha value is -0.115. The van der Waals surface area contributed by atoms with E-state index in [1.54, 1.807) is 0 Å². The fraction of sp³-hybridized carbons (Fsp3) is 1.00. The Bertz CT molecular complexity index is 121. The van der Waals surface area contributed by atoms with Gasteiger partial charge in [-0.1, -0.05) is 13.3 Å². The van der Waals surface area contributed by atoms with E-state index in [0.717, 1.165) is 12.8 Å². The maximum absolute atomic E-state index is 11.9. The van der Waals surface area contributed by atoms with Gasteiger partial charge in [0.2, 0.25) is 0 Å². The predicted molar refractivity (Wildman–Crippen MR) is 41.0 cm³/mol. The van der Waals surface area contributed by atoms with Crippen molar-refractivity contribution >= 4 is 7.27 Å². The highest BCUT2D eigenvalue weighted by atomic mass is 19.2. The molecule has 0 aliphatic heterocycles. The maximum atomic E-state index is 11.9. The van der Waals surface area contributed by atoms with Crippen molar-refractivity contribution in [2.75, 3.05) is 6.61 Å². The van der Waals surface area contributed by atoms with Crippen LogP contribution in [0.1, 0.15) is 26.2 Å². The van der Waals surface area contributed by atoms with Crippen molar-refractivity contribution in [2.45, 2.75) is 38.1 Å². The van der Waals surface area contributed by atoms with E-state index in [9.17, 15) is 8.63 Å². The summed E-state index contributed by atoms with van der Waals surface area (Å²) in [7, 11) is -2.18. The summed E-state index contributed by atoms with van der Waals surface area (Å²) in [5, 5.41) is 0. The summed E-state index contributed by atoms with van der Waals surface area (Å²) >= 11 is 0. The van der Waals surface area contributed by atoms with E-state index in [1.165, 1.54) is 0 Å². The number of ether oxygens (including phenoxy) is 1.